The average Bonchev–Trinajstić information content (AvgIpc) is 3.03. The van der Waals surface area contributed by atoms with Gasteiger partial charge in [-0.25, -0.2) is 0 Å². The fourth-order valence-corrected chi connectivity index (χ4v) is 3.04. The lowest BCUT2D eigenvalue weighted by Gasteiger charge is -2.03. The summed E-state index contributed by atoms with van der Waals surface area (Å²) in [6.07, 6.45) is -3.06. The van der Waals surface area contributed by atoms with Gasteiger partial charge in [0.2, 0.25) is 5.69 Å². The zero-order valence-corrected chi connectivity index (χ0v) is 15.3. The zero-order valence-electron chi connectivity index (χ0n) is 15.3. The maximum atomic E-state index is 10.5. The van der Waals surface area contributed by atoms with Gasteiger partial charge in [0, 0.05) is 35.4 Å². The molecule has 4 rings (SSSR count). The second-order valence-electron chi connectivity index (χ2n) is 6.44. The second-order valence-corrected chi connectivity index (χ2v) is 6.44. The predicted octanol–water partition coefficient (Wildman–Crippen LogP) is 2.97. The number of phenolic OH excluding ortho intramolecular Hbond substituents is 1. The molecule has 150 valence electrons. The van der Waals surface area contributed by atoms with Gasteiger partial charge in [0.1, 0.15) is 17.2 Å². The van der Waals surface area contributed by atoms with E-state index in [2.05, 4.69) is 53.0 Å². The summed E-state index contributed by atoms with van der Waals surface area (Å²) in [6, 6.07) is 18.1. The molecule has 2 heterocycles. The molecule has 0 fully saturated rings. The maximum Gasteiger partial charge on any atom is 0.430 e. The first kappa shape index (κ1) is 20.2. The number of halogens is 3. The Kier molecular flexibility index (Phi) is 5.45. The summed E-state index contributed by atoms with van der Waals surface area (Å²) in [7, 11) is 0. The molecule has 0 bridgehead atoms. The number of fused-ring (bicyclic) bond motifs is 3. The van der Waals surface area contributed by atoms with E-state index in [0.29, 0.717) is 0 Å². The van der Waals surface area contributed by atoms with Crippen LogP contribution in [-0.2, 0) is 11.3 Å². The van der Waals surface area contributed by atoms with Gasteiger partial charge >= 0.3 is 6.18 Å². The van der Waals surface area contributed by atoms with E-state index in [1.807, 2.05) is 12.1 Å². The Labute approximate surface area is 163 Å². The number of carbonyl (C=O) groups is 1. The number of pyridine rings is 1. The molecule has 0 aliphatic carbocycles. The number of rotatable bonds is 2. The van der Waals surface area contributed by atoms with Crippen molar-refractivity contribution in [3.05, 3.63) is 72.1 Å². The highest BCUT2D eigenvalue weighted by Gasteiger charge is 2.28. The van der Waals surface area contributed by atoms with Crippen LogP contribution in [0.2, 0.25) is 0 Å². The molecule has 0 amide bonds. The molecule has 2 aromatic heterocycles. The van der Waals surface area contributed by atoms with E-state index in [0.717, 1.165) is 23.0 Å². The van der Waals surface area contributed by atoms with Gasteiger partial charge in [0.15, 0.2) is 12.7 Å². The third-order valence-corrected chi connectivity index (χ3v) is 4.46. The first-order chi connectivity index (χ1) is 13.7. The van der Waals surface area contributed by atoms with Crippen LogP contribution in [0.25, 0.3) is 21.8 Å². The Morgan fingerprint density at radius 2 is 1.76 bits per heavy atom. The number of aromatic nitrogens is 2. The van der Waals surface area contributed by atoms with Crippen LogP contribution in [0.1, 0.15) is 11.3 Å². The standard InChI is InChI=1S/C19H16N2O.C2HF3O2/c1-13-19-17(16-8-7-15(22)11-18(16)20-19)9-10-21(13)12-14-5-3-2-4-6-14;3-2(4,5)1(6)7/h2-11H,12H2,1H3,(H,20,22);(H,6,7). The van der Waals surface area contributed by atoms with Gasteiger partial charge in [-0.15, -0.1) is 0 Å². The molecule has 5 nitrogen and oxygen atoms in total. The number of alkyl halides is 3. The predicted molar refractivity (Wildman–Crippen MR) is 99.0 cm³/mol. The Bertz CT molecular complexity index is 1170. The van der Waals surface area contributed by atoms with Crippen LogP contribution in [0.3, 0.4) is 0 Å². The number of carbonyl (C=O) groups excluding carboxylic acids is 1. The summed E-state index contributed by atoms with van der Waals surface area (Å²) in [5.41, 5.74) is 4.57. The number of aromatic amines is 1. The largest absolute Gasteiger partial charge is 0.542 e. The number of nitrogens with zero attached hydrogens (tertiary/aromatic N) is 1. The summed E-state index contributed by atoms with van der Waals surface area (Å²) in [4.78, 5) is 12.2. The first-order valence-corrected chi connectivity index (χ1v) is 8.62. The van der Waals surface area contributed by atoms with Crippen LogP contribution in [0, 0.1) is 6.92 Å². The normalized spacial score (nSPS) is 11.3. The summed E-state index contributed by atoms with van der Waals surface area (Å²) >= 11 is 0. The molecule has 4 aromatic rings. The lowest BCUT2D eigenvalue weighted by atomic mass is 10.1. The molecule has 0 saturated carbocycles. The van der Waals surface area contributed by atoms with E-state index in [-0.39, 0.29) is 5.75 Å². The molecule has 0 saturated heterocycles. The number of hydrogen-bond donors (Lipinski definition) is 2. The molecule has 0 spiro atoms. The van der Waals surface area contributed by atoms with Crippen molar-refractivity contribution < 1.29 is 32.7 Å². The third-order valence-electron chi connectivity index (χ3n) is 4.46. The average molecular weight is 402 g/mol. The fraction of sp³-hybridized carbons (Fsp3) is 0.143. The van der Waals surface area contributed by atoms with Crippen LogP contribution < -0.4 is 9.67 Å². The van der Waals surface area contributed by atoms with Crippen molar-refractivity contribution in [2.45, 2.75) is 19.6 Å². The lowest BCUT2D eigenvalue weighted by molar-refractivity contribution is -0.693. The zero-order chi connectivity index (χ0) is 21.2. The Morgan fingerprint density at radius 1 is 1.10 bits per heavy atom. The Hall–Kier alpha value is -3.55. The minimum Gasteiger partial charge on any atom is -0.542 e. The number of aliphatic carboxylic acids is 1. The van der Waals surface area contributed by atoms with Crippen molar-refractivity contribution in [2.24, 2.45) is 0 Å². The highest BCUT2D eigenvalue weighted by molar-refractivity contribution is 6.07. The van der Waals surface area contributed by atoms with E-state index in [1.54, 1.807) is 12.1 Å². The highest BCUT2D eigenvalue weighted by Crippen LogP contribution is 2.28. The van der Waals surface area contributed by atoms with Gasteiger partial charge in [-0.3, -0.25) is 0 Å². The Balaban J connectivity index is 0.000000298. The van der Waals surface area contributed by atoms with Gasteiger partial charge in [0.05, 0.1) is 5.52 Å². The summed E-state index contributed by atoms with van der Waals surface area (Å²) in [6.45, 7) is 2.98. The number of H-pyrrole nitrogens is 1. The molecule has 2 aromatic carbocycles. The van der Waals surface area contributed by atoms with E-state index in [4.69, 9.17) is 9.90 Å². The lowest BCUT2D eigenvalue weighted by Crippen LogP contribution is -2.37. The molecule has 29 heavy (non-hydrogen) atoms. The van der Waals surface area contributed by atoms with Crippen molar-refractivity contribution in [3.63, 3.8) is 0 Å². The molecule has 0 unspecified atom stereocenters. The smallest absolute Gasteiger partial charge is 0.430 e. The summed E-state index contributed by atoms with van der Waals surface area (Å²) in [5, 5.41) is 20.8. The molecule has 2 N–H and O–H groups in total. The topological polar surface area (TPSA) is 80.0 Å². The van der Waals surface area contributed by atoms with Crippen molar-refractivity contribution in [2.75, 3.05) is 0 Å². The van der Waals surface area contributed by atoms with Crippen LogP contribution >= 0.6 is 0 Å². The number of aryl methyl sites for hydroxylation is 1. The van der Waals surface area contributed by atoms with E-state index >= 15 is 0 Å². The van der Waals surface area contributed by atoms with Crippen molar-refractivity contribution >= 4 is 27.8 Å². The highest BCUT2D eigenvalue weighted by atomic mass is 19.4. The SMILES string of the molecule is Cc1c2[nH]c3cc(O)ccc3c2cc[n+]1Cc1ccccc1.O=C([O-])C(F)(F)F. The third kappa shape index (κ3) is 4.48. The van der Waals surface area contributed by atoms with Gasteiger partial charge in [-0.2, -0.15) is 17.7 Å². The van der Waals surface area contributed by atoms with Gasteiger partial charge in [-0.05, 0) is 12.1 Å². The minimum absolute atomic E-state index is 0.286. The molecular formula is C21H17F3N2O3. The monoisotopic (exact) mass is 402 g/mol. The van der Waals surface area contributed by atoms with Crippen molar-refractivity contribution in [3.8, 4) is 5.75 Å². The number of hydrogen-bond acceptors (Lipinski definition) is 3. The molecule has 0 atom stereocenters. The van der Waals surface area contributed by atoms with E-state index in [1.165, 1.54) is 16.6 Å². The molecule has 0 aliphatic rings. The number of aromatic hydroxyl groups is 1. The van der Waals surface area contributed by atoms with Gasteiger partial charge in [0.25, 0.3) is 0 Å². The van der Waals surface area contributed by atoms with Crippen LogP contribution in [-0.4, -0.2) is 22.2 Å². The van der Waals surface area contributed by atoms with E-state index in [9.17, 15) is 18.3 Å². The maximum absolute atomic E-state index is 10.5. The molecular weight excluding hydrogens is 385 g/mol. The minimum atomic E-state index is -5.19. The van der Waals surface area contributed by atoms with Gasteiger partial charge < -0.3 is 20.0 Å². The molecule has 0 aliphatic heterocycles. The quantitative estimate of drug-likeness (QED) is 0.506. The van der Waals surface area contributed by atoms with E-state index < -0.39 is 12.1 Å². The van der Waals surface area contributed by atoms with Crippen molar-refractivity contribution in [1.82, 2.24) is 4.98 Å². The number of nitrogens with one attached hydrogen (secondary N) is 1. The van der Waals surface area contributed by atoms with Crippen molar-refractivity contribution in [1.29, 1.82) is 0 Å². The number of phenols is 1. The first-order valence-electron chi connectivity index (χ1n) is 8.62. The summed E-state index contributed by atoms with van der Waals surface area (Å²) in [5.74, 6) is -2.72. The number of carboxylic acids is 1. The molecule has 8 heteroatoms. The van der Waals surface area contributed by atoms with Crippen LogP contribution in [0.15, 0.2) is 60.8 Å². The second kappa shape index (κ2) is 7.83. The fourth-order valence-electron chi connectivity index (χ4n) is 3.04. The molecule has 0 radical (unpaired) electrons. The van der Waals surface area contributed by atoms with Crippen LogP contribution in [0.4, 0.5) is 13.2 Å². The Morgan fingerprint density at radius 3 is 2.38 bits per heavy atom. The summed E-state index contributed by atoms with van der Waals surface area (Å²) < 4.78 is 33.8. The number of carboxylic acid groups (broad SMARTS) is 1. The van der Waals surface area contributed by atoms with Gasteiger partial charge in [-0.1, -0.05) is 30.3 Å². The number of benzene rings is 2. The van der Waals surface area contributed by atoms with Crippen LogP contribution in [0.5, 0.6) is 5.75 Å².